The van der Waals surface area contributed by atoms with E-state index < -0.39 is 0 Å². The molecule has 0 N–H and O–H groups in total. The van der Waals surface area contributed by atoms with Crippen molar-refractivity contribution < 1.29 is 4.74 Å². The SMILES string of the molecule is CC(C)=CCn1ccc2c(OC(C)C)cccc21. The van der Waals surface area contributed by atoms with Crippen LogP contribution in [0.5, 0.6) is 5.75 Å². The maximum atomic E-state index is 5.84. The molecule has 2 aromatic rings. The summed E-state index contributed by atoms with van der Waals surface area (Å²) in [4.78, 5) is 0. The fourth-order valence-corrected chi connectivity index (χ4v) is 1.99. The molecule has 0 fully saturated rings. The van der Waals surface area contributed by atoms with Gasteiger partial charge in [0.25, 0.3) is 0 Å². The first-order valence-electron chi connectivity index (χ1n) is 6.46. The molecule has 0 aliphatic heterocycles. The summed E-state index contributed by atoms with van der Waals surface area (Å²) in [6.07, 6.45) is 4.56. The van der Waals surface area contributed by atoms with Crippen molar-refractivity contribution >= 4 is 10.9 Å². The molecule has 0 saturated heterocycles. The molecule has 0 aliphatic rings. The fraction of sp³-hybridized carbons (Fsp3) is 0.375. The molecule has 2 heteroatoms. The molecule has 0 unspecified atom stereocenters. The standard InChI is InChI=1S/C16H21NO/c1-12(2)8-10-17-11-9-14-15(17)6-5-7-16(14)18-13(3)4/h5-9,11,13H,10H2,1-4H3. The van der Waals surface area contributed by atoms with Crippen LogP contribution < -0.4 is 4.74 Å². The predicted octanol–water partition coefficient (Wildman–Crippen LogP) is 4.39. The van der Waals surface area contributed by atoms with E-state index in [-0.39, 0.29) is 6.10 Å². The van der Waals surface area contributed by atoms with E-state index >= 15 is 0 Å². The highest BCUT2D eigenvalue weighted by molar-refractivity contribution is 5.86. The molecule has 0 bridgehead atoms. The first-order chi connectivity index (χ1) is 8.58. The van der Waals surface area contributed by atoms with Crippen LogP contribution in [-0.2, 0) is 6.54 Å². The van der Waals surface area contributed by atoms with Crippen LogP contribution in [0.3, 0.4) is 0 Å². The van der Waals surface area contributed by atoms with Crippen molar-refractivity contribution in [1.29, 1.82) is 0 Å². The minimum Gasteiger partial charge on any atom is -0.490 e. The van der Waals surface area contributed by atoms with Gasteiger partial charge < -0.3 is 9.30 Å². The summed E-state index contributed by atoms with van der Waals surface area (Å²) in [5, 5.41) is 1.19. The lowest BCUT2D eigenvalue weighted by molar-refractivity contribution is 0.245. The zero-order valence-corrected chi connectivity index (χ0v) is 11.6. The van der Waals surface area contributed by atoms with E-state index in [0.717, 1.165) is 12.3 Å². The van der Waals surface area contributed by atoms with Gasteiger partial charge in [0, 0.05) is 18.1 Å². The topological polar surface area (TPSA) is 14.2 Å². The van der Waals surface area contributed by atoms with Gasteiger partial charge in [0.2, 0.25) is 0 Å². The van der Waals surface area contributed by atoms with Gasteiger partial charge in [-0.3, -0.25) is 0 Å². The molecule has 1 heterocycles. The minimum absolute atomic E-state index is 0.205. The van der Waals surface area contributed by atoms with E-state index in [1.807, 2.05) is 6.07 Å². The highest BCUT2D eigenvalue weighted by Gasteiger charge is 2.06. The number of rotatable bonds is 4. The predicted molar refractivity (Wildman–Crippen MR) is 77.1 cm³/mol. The summed E-state index contributed by atoms with van der Waals surface area (Å²) < 4.78 is 8.08. The zero-order chi connectivity index (χ0) is 13.1. The molecule has 0 saturated carbocycles. The number of benzene rings is 1. The van der Waals surface area contributed by atoms with Crippen LogP contribution in [0, 0.1) is 0 Å². The van der Waals surface area contributed by atoms with Crippen LogP contribution in [0.1, 0.15) is 27.7 Å². The number of nitrogens with zero attached hydrogens (tertiary/aromatic N) is 1. The second-order valence-corrected chi connectivity index (χ2v) is 5.11. The van der Waals surface area contributed by atoms with E-state index in [4.69, 9.17) is 4.74 Å². The summed E-state index contributed by atoms with van der Waals surface area (Å²) >= 11 is 0. The molecule has 18 heavy (non-hydrogen) atoms. The Morgan fingerprint density at radius 3 is 2.72 bits per heavy atom. The van der Waals surface area contributed by atoms with E-state index in [1.165, 1.54) is 16.5 Å². The number of hydrogen-bond acceptors (Lipinski definition) is 1. The summed E-state index contributed by atoms with van der Waals surface area (Å²) in [5.74, 6) is 0.971. The highest BCUT2D eigenvalue weighted by atomic mass is 16.5. The monoisotopic (exact) mass is 243 g/mol. The van der Waals surface area contributed by atoms with Crippen molar-refractivity contribution in [2.75, 3.05) is 0 Å². The Balaban J connectivity index is 2.38. The number of hydrogen-bond donors (Lipinski definition) is 0. The van der Waals surface area contributed by atoms with Gasteiger partial charge in [-0.15, -0.1) is 0 Å². The summed E-state index contributed by atoms with van der Waals surface area (Å²) in [6, 6.07) is 8.36. The van der Waals surface area contributed by atoms with Gasteiger partial charge in [-0.05, 0) is 45.9 Å². The Morgan fingerprint density at radius 2 is 2.06 bits per heavy atom. The largest absolute Gasteiger partial charge is 0.490 e. The number of allylic oxidation sites excluding steroid dienone is 2. The minimum atomic E-state index is 0.205. The molecule has 2 nitrogen and oxygen atoms in total. The Labute approximate surface area is 109 Å². The molecule has 1 aromatic carbocycles. The molecule has 0 radical (unpaired) electrons. The molecule has 0 amide bonds. The Hall–Kier alpha value is -1.70. The smallest absolute Gasteiger partial charge is 0.129 e. The lowest BCUT2D eigenvalue weighted by Gasteiger charge is -2.11. The quantitative estimate of drug-likeness (QED) is 0.726. The molecule has 0 aliphatic carbocycles. The van der Waals surface area contributed by atoms with E-state index in [0.29, 0.717) is 0 Å². The van der Waals surface area contributed by atoms with Crippen LogP contribution >= 0.6 is 0 Å². The van der Waals surface area contributed by atoms with Crippen molar-refractivity contribution in [3.05, 3.63) is 42.1 Å². The van der Waals surface area contributed by atoms with Gasteiger partial charge in [-0.1, -0.05) is 17.7 Å². The Kier molecular flexibility index (Phi) is 3.75. The second kappa shape index (κ2) is 5.30. The molecular weight excluding hydrogens is 222 g/mol. The van der Waals surface area contributed by atoms with E-state index in [1.54, 1.807) is 0 Å². The zero-order valence-electron chi connectivity index (χ0n) is 11.6. The highest BCUT2D eigenvalue weighted by Crippen LogP contribution is 2.27. The van der Waals surface area contributed by atoms with Crippen molar-refractivity contribution in [3.63, 3.8) is 0 Å². The van der Waals surface area contributed by atoms with Crippen LogP contribution in [0.15, 0.2) is 42.1 Å². The first kappa shape index (κ1) is 12.7. The summed E-state index contributed by atoms with van der Waals surface area (Å²) in [6.45, 7) is 9.27. The maximum absolute atomic E-state index is 5.84. The van der Waals surface area contributed by atoms with Crippen molar-refractivity contribution in [1.82, 2.24) is 4.57 Å². The fourth-order valence-electron chi connectivity index (χ4n) is 1.99. The second-order valence-electron chi connectivity index (χ2n) is 5.11. The third-order valence-electron chi connectivity index (χ3n) is 2.83. The van der Waals surface area contributed by atoms with Gasteiger partial charge in [0.15, 0.2) is 0 Å². The molecule has 1 aromatic heterocycles. The lowest BCUT2D eigenvalue weighted by Crippen LogP contribution is -2.05. The Bertz CT molecular complexity index is 559. The number of aromatic nitrogens is 1. The summed E-state index contributed by atoms with van der Waals surface area (Å²) in [5.41, 5.74) is 2.57. The normalized spacial score (nSPS) is 10.9. The van der Waals surface area contributed by atoms with Crippen molar-refractivity contribution in [2.45, 2.75) is 40.3 Å². The van der Waals surface area contributed by atoms with Crippen LogP contribution in [0.4, 0.5) is 0 Å². The average molecular weight is 243 g/mol. The molecule has 96 valence electrons. The molecule has 2 rings (SSSR count). The number of ether oxygens (including phenoxy) is 1. The van der Waals surface area contributed by atoms with Crippen LogP contribution in [-0.4, -0.2) is 10.7 Å². The van der Waals surface area contributed by atoms with Crippen LogP contribution in [0.2, 0.25) is 0 Å². The van der Waals surface area contributed by atoms with Gasteiger partial charge >= 0.3 is 0 Å². The molecular formula is C16H21NO. The lowest BCUT2D eigenvalue weighted by atomic mass is 10.2. The summed E-state index contributed by atoms with van der Waals surface area (Å²) in [7, 11) is 0. The Morgan fingerprint density at radius 1 is 1.28 bits per heavy atom. The van der Waals surface area contributed by atoms with Crippen LogP contribution in [0.25, 0.3) is 10.9 Å². The van der Waals surface area contributed by atoms with E-state index in [2.05, 4.69) is 62.7 Å². The van der Waals surface area contributed by atoms with Gasteiger partial charge in [0.1, 0.15) is 5.75 Å². The van der Waals surface area contributed by atoms with Crippen molar-refractivity contribution in [3.8, 4) is 5.75 Å². The first-order valence-corrected chi connectivity index (χ1v) is 6.46. The third kappa shape index (κ3) is 2.76. The average Bonchev–Trinajstić information content (AvgIpc) is 2.70. The van der Waals surface area contributed by atoms with Gasteiger partial charge in [-0.2, -0.15) is 0 Å². The van der Waals surface area contributed by atoms with Gasteiger partial charge in [-0.25, -0.2) is 0 Å². The van der Waals surface area contributed by atoms with Gasteiger partial charge in [0.05, 0.1) is 11.6 Å². The molecule has 0 spiro atoms. The third-order valence-corrected chi connectivity index (χ3v) is 2.83. The van der Waals surface area contributed by atoms with Crippen molar-refractivity contribution in [2.24, 2.45) is 0 Å². The number of fused-ring (bicyclic) bond motifs is 1. The van der Waals surface area contributed by atoms with E-state index in [9.17, 15) is 0 Å². The molecule has 0 atom stereocenters. The maximum Gasteiger partial charge on any atom is 0.129 e.